The van der Waals surface area contributed by atoms with Crippen LogP contribution in [-0.4, -0.2) is 24.7 Å². The molecule has 0 N–H and O–H groups in total. The summed E-state index contributed by atoms with van der Waals surface area (Å²) < 4.78 is 68.8. The van der Waals surface area contributed by atoms with Crippen LogP contribution in [0.25, 0.3) is 0 Å². The van der Waals surface area contributed by atoms with Crippen molar-refractivity contribution in [1.29, 1.82) is 0 Å². The molecule has 0 amide bonds. The van der Waals surface area contributed by atoms with Crippen molar-refractivity contribution in [2.24, 2.45) is 0 Å². The molecule has 1 heterocycles. The molecule has 9 heteroatoms. The fourth-order valence-electron chi connectivity index (χ4n) is 1.13. The van der Waals surface area contributed by atoms with Gasteiger partial charge in [-0.2, -0.15) is 0 Å². The van der Waals surface area contributed by atoms with Gasteiger partial charge in [-0.3, -0.25) is 4.79 Å². The number of nitrogens with zero attached hydrogens (tertiary/aromatic N) is 1. The first-order valence-electron chi connectivity index (χ1n) is 4.36. The molecule has 100 valence electrons. The molecule has 1 aromatic heterocycles. The number of alkyl halides is 5. The van der Waals surface area contributed by atoms with E-state index in [2.05, 4.69) is 14.5 Å². The monoisotopic (exact) mass is 271 g/mol. The number of methoxy groups -OCH3 is 1. The highest BCUT2D eigenvalue weighted by Gasteiger charge is 2.34. The van der Waals surface area contributed by atoms with Crippen LogP contribution in [0.3, 0.4) is 0 Å². The number of ether oxygens (including phenoxy) is 2. The third-order valence-corrected chi connectivity index (χ3v) is 1.76. The number of carbonyl (C=O) groups is 1. The average molecular weight is 271 g/mol. The van der Waals surface area contributed by atoms with Gasteiger partial charge < -0.3 is 9.47 Å². The van der Waals surface area contributed by atoms with Crippen LogP contribution in [0.5, 0.6) is 11.6 Å². The van der Waals surface area contributed by atoms with Crippen LogP contribution in [0.1, 0.15) is 22.5 Å². The Morgan fingerprint density at radius 3 is 2.39 bits per heavy atom. The molecule has 0 aliphatic heterocycles. The molecule has 0 bridgehead atoms. The summed E-state index contributed by atoms with van der Waals surface area (Å²) in [5, 5.41) is 0. The molecule has 0 saturated heterocycles. The topological polar surface area (TPSA) is 48.4 Å². The third kappa shape index (κ3) is 3.28. The van der Waals surface area contributed by atoms with Crippen LogP contribution in [-0.2, 0) is 0 Å². The number of pyridine rings is 1. The molecule has 0 aliphatic carbocycles. The maximum absolute atomic E-state index is 12.4. The van der Waals surface area contributed by atoms with Gasteiger partial charge in [0.1, 0.15) is 5.69 Å². The standard InChI is InChI=1S/C9H6F5NO3/c1-17-6-4(3-16)2-5(7(10)11)15-8(6)18-9(12,13)14/h2-3,7H,1H3. The van der Waals surface area contributed by atoms with Crippen molar-refractivity contribution in [2.75, 3.05) is 7.11 Å². The van der Waals surface area contributed by atoms with Gasteiger partial charge in [0, 0.05) is 0 Å². The Hall–Kier alpha value is -1.93. The highest BCUT2D eigenvalue weighted by molar-refractivity contribution is 5.80. The van der Waals surface area contributed by atoms with Crippen LogP contribution in [0.2, 0.25) is 0 Å². The zero-order valence-electron chi connectivity index (χ0n) is 8.79. The lowest BCUT2D eigenvalue weighted by Gasteiger charge is -2.14. The third-order valence-electron chi connectivity index (χ3n) is 1.76. The normalized spacial score (nSPS) is 11.5. The lowest BCUT2D eigenvalue weighted by Crippen LogP contribution is -2.19. The number of rotatable bonds is 4. The summed E-state index contributed by atoms with van der Waals surface area (Å²) in [4.78, 5) is 13.6. The second-order valence-electron chi connectivity index (χ2n) is 2.94. The van der Waals surface area contributed by atoms with Gasteiger partial charge in [0.2, 0.25) is 0 Å². The van der Waals surface area contributed by atoms with Crippen molar-refractivity contribution in [2.45, 2.75) is 12.8 Å². The Labute approximate surface area is 97.3 Å². The molecular formula is C9H6F5NO3. The van der Waals surface area contributed by atoms with Gasteiger partial charge >= 0.3 is 6.36 Å². The molecule has 1 aromatic rings. The van der Waals surface area contributed by atoms with Crippen molar-refractivity contribution in [3.05, 3.63) is 17.3 Å². The van der Waals surface area contributed by atoms with Gasteiger partial charge in [-0.15, -0.1) is 13.2 Å². The van der Waals surface area contributed by atoms with E-state index in [-0.39, 0.29) is 6.29 Å². The van der Waals surface area contributed by atoms with Crippen molar-refractivity contribution < 1.29 is 36.2 Å². The van der Waals surface area contributed by atoms with E-state index >= 15 is 0 Å². The van der Waals surface area contributed by atoms with Crippen molar-refractivity contribution in [1.82, 2.24) is 4.98 Å². The lowest BCUT2D eigenvalue weighted by molar-refractivity contribution is -0.276. The molecule has 0 aromatic carbocycles. The SMILES string of the molecule is COc1c(C=O)cc(C(F)F)nc1OC(F)(F)F. The number of carbonyl (C=O) groups excluding carboxylic acids is 1. The van der Waals surface area contributed by atoms with E-state index in [1.54, 1.807) is 0 Å². The molecular weight excluding hydrogens is 265 g/mol. The van der Waals surface area contributed by atoms with Crippen LogP contribution in [0, 0.1) is 0 Å². The van der Waals surface area contributed by atoms with E-state index in [0.717, 1.165) is 7.11 Å². The van der Waals surface area contributed by atoms with Crippen molar-refractivity contribution in [3.63, 3.8) is 0 Å². The number of hydrogen-bond acceptors (Lipinski definition) is 4. The predicted molar refractivity (Wildman–Crippen MR) is 47.8 cm³/mol. The van der Waals surface area contributed by atoms with Gasteiger partial charge in [0.25, 0.3) is 12.3 Å². The van der Waals surface area contributed by atoms with Gasteiger partial charge in [-0.05, 0) is 6.07 Å². The number of aldehydes is 1. The Balaban J connectivity index is 3.35. The molecule has 0 fully saturated rings. The molecule has 4 nitrogen and oxygen atoms in total. The fraction of sp³-hybridized carbons (Fsp3) is 0.333. The van der Waals surface area contributed by atoms with Gasteiger partial charge in [0.05, 0.1) is 12.7 Å². The number of hydrogen-bond donors (Lipinski definition) is 0. The minimum atomic E-state index is -5.14. The van der Waals surface area contributed by atoms with E-state index in [1.165, 1.54) is 0 Å². The molecule has 0 spiro atoms. The maximum Gasteiger partial charge on any atom is 0.574 e. The summed E-state index contributed by atoms with van der Waals surface area (Å²) in [5.41, 5.74) is -1.53. The summed E-state index contributed by atoms with van der Waals surface area (Å²) in [7, 11) is 0.954. The molecule has 0 unspecified atom stereocenters. The largest absolute Gasteiger partial charge is 0.574 e. The average Bonchev–Trinajstić information content (AvgIpc) is 2.25. The van der Waals surface area contributed by atoms with Crippen molar-refractivity contribution in [3.8, 4) is 11.6 Å². The Kier molecular flexibility index (Phi) is 4.04. The highest BCUT2D eigenvalue weighted by atomic mass is 19.4. The molecule has 1 rings (SSSR count). The minimum absolute atomic E-state index is 0.0651. The summed E-state index contributed by atoms with van der Waals surface area (Å²) >= 11 is 0. The smallest absolute Gasteiger partial charge is 0.491 e. The van der Waals surface area contributed by atoms with E-state index in [0.29, 0.717) is 6.07 Å². The van der Waals surface area contributed by atoms with Gasteiger partial charge in [0.15, 0.2) is 12.0 Å². The Morgan fingerprint density at radius 2 is 2.00 bits per heavy atom. The molecule has 0 radical (unpaired) electrons. The van der Waals surface area contributed by atoms with Crippen LogP contribution in [0.4, 0.5) is 22.0 Å². The Bertz CT molecular complexity index is 447. The van der Waals surface area contributed by atoms with Gasteiger partial charge in [-0.1, -0.05) is 0 Å². The molecule has 0 aliphatic rings. The second-order valence-corrected chi connectivity index (χ2v) is 2.94. The van der Waals surface area contributed by atoms with E-state index in [1.807, 2.05) is 0 Å². The quantitative estimate of drug-likeness (QED) is 0.624. The molecule has 0 atom stereocenters. The lowest BCUT2D eigenvalue weighted by atomic mass is 10.2. The number of halogens is 5. The first kappa shape index (κ1) is 14.1. The fourth-order valence-corrected chi connectivity index (χ4v) is 1.13. The zero-order valence-corrected chi connectivity index (χ0v) is 8.79. The second kappa shape index (κ2) is 5.15. The maximum atomic E-state index is 12.4. The highest BCUT2D eigenvalue weighted by Crippen LogP contribution is 2.35. The molecule has 18 heavy (non-hydrogen) atoms. The number of aromatic nitrogens is 1. The van der Waals surface area contributed by atoms with E-state index in [9.17, 15) is 26.7 Å². The van der Waals surface area contributed by atoms with Crippen LogP contribution in [0.15, 0.2) is 6.07 Å². The molecule has 0 saturated carbocycles. The summed E-state index contributed by atoms with van der Waals surface area (Å²) in [6.45, 7) is 0. The summed E-state index contributed by atoms with van der Waals surface area (Å²) in [6, 6.07) is 0.625. The first-order valence-corrected chi connectivity index (χ1v) is 4.36. The first-order chi connectivity index (χ1) is 8.28. The van der Waals surface area contributed by atoms with E-state index < -0.39 is 35.7 Å². The van der Waals surface area contributed by atoms with Crippen LogP contribution < -0.4 is 9.47 Å². The summed E-state index contributed by atoms with van der Waals surface area (Å²) in [6.07, 6.45) is -8.22. The minimum Gasteiger partial charge on any atom is -0.491 e. The van der Waals surface area contributed by atoms with Crippen LogP contribution >= 0.6 is 0 Å². The Morgan fingerprint density at radius 1 is 1.39 bits per heavy atom. The van der Waals surface area contributed by atoms with Gasteiger partial charge in [-0.25, -0.2) is 13.8 Å². The van der Waals surface area contributed by atoms with Crippen molar-refractivity contribution >= 4 is 6.29 Å². The zero-order chi connectivity index (χ0) is 13.9. The summed E-state index contributed by atoms with van der Waals surface area (Å²) in [5.74, 6) is -1.89. The predicted octanol–water partition coefficient (Wildman–Crippen LogP) is 2.74. The van der Waals surface area contributed by atoms with E-state index in [4.69, 9.17) is 0 Å².